The molecule has 0 aliphatic carbocycles. The van der Waals surface area contributed by atoms with E-state index in [0.29, 0.717) is 28.8 Å². The summed E-state index contributed by atoms with van der Waals surface area (Å²) in [4.78, 5) is 0. The maximum Gasteiger partial charge on any atom is 0.165 e. The summed E-state index contributed by atoms with van der Waals surface area (Å²) < 4.78 is 15.9. The summed E-state index contributed by atoms with van der Waals surface area (Å²) in [7, 11) is 4.78. The van der Waals surface area contributed by atoms with Crippen LogP contribution in [0.1, 0.15) is 18.4 Å². The summed E-state index contributed by atoms with van der Waals surface area (Å²) in [6.07, 6.45) is 2.68. The Morgan fingerprint density at radius 3 is 2.22 bits per heavy atom. The van der Waals surface area contributed by atoms with Crippen LogP contribution in [0.4, 0.5) is 0 Å². The van der Waals surface area contributed by atoms with E-state index in [1.54, 1.807) is 27.4 Å². The minimum Gasteiger partial charge on any atom is -0.495 e. The third-order valence-electron chi connectivity index (χ3n) is 2.77. The maximum atomic E-state index is 6.31. The number of unbranched alkanes of at least 4 members (excludes halogenated alkanes) is 1. The molecule has 5 heteroatoms. The molecule has 0 radical (unpaired) electrons. The Hall–Kier alpha value is -1.13. The molecule has 4 nitrogen and oxygen atoms in total. The maximum absolute atomic E-state index is 6.31. The van der Waals surface area contributed by atoms with E-state index in [1.807, 2.05) is 0 Å². The Morgan fingerprint density at radius 1 is 1.06 bits per heavy atom. The molecule has 1 aromatic rings. The van der Waals surface area contributed by atoms with Gasteiger partial charge < -0.3 is 19.9 Å². The highest BCUT2D eigenvalue weighted by atomic mass is 35.5. The van der Waals surface area contributed by atoms with Crippen LogP contribution in [0, 0.1) is 0 Å². The van der Waals surface area contributed by atoms with Crippen LogP contribution in [0.5, 0.6) is 17.2 Å². The zero-order valence-corrected chi connectivity index (χ0v) is 11.8. The Balaban J connectivity index is 3.16. The summed E-state index contributed by atoms with van der Waals surface area (Å²) in [5.74, 6) is 1.89. The Labute approximate surface area is 113 Å². The van der Waals surface area contributed by atoms with E-state index in [-0.39, 0.29) is 0 Å². The number of halogens is 1. The van der Waals surface area contributed by atoms with Crippen LogP contribution in [0.15, 0.2) is 6.07 Å². The molecule has 0 heterocycles. The molecule has 0 amide bonds. The molecule has 1 rings (SSSR count). The topological polar surface area (TPSA) is 53.7 Å². The van der Waals surface area contributed by atoms with Gasteiger partial charge in [0, 0.05) is 11.6 Å². The van der Waals surface area contributed by atoms with Gasteiger partial charge in [-0.3, -0.25) is 0 Å². The van der Waals surface area contributed by atoms with Gasteiger partial charge in [0.05, 0.1) is 26.4 Å². The predicted molar refractivity (Wildman–Crippen MR) is 73.1 cm³/mol. The van der Waals surface area contributed by atoms with E-state index >= 15 is 0 Å². The highest BCUT2D eigenvalue weighted by Gasteiger charge is 2.18. The quantitative estimate of drug-likeness (QED) is 0.776. The van der Waals surface area contributed by atoms with Crippen LogP contribution in [0.25, 0.3) is 0 Å². The van der Waals surface area contributed by atoms with Crippen molar-refractivity contribution in [3.63, 3.8) is 0 Å². The van der Waals surface area contributed by atoms with Crippen LogP contribution < -0.4 is 19.9 Å². The van der Waals surface area contributed by atoms with Crippen molar-refractivity contribution in [1.29, 1.82) is 0 Å². The lowest BCUT2D eigenvalue weighted by molar-refractivity contribution is 0.345. The molecular weight excluding hydrogens is 254 g/mol. The fourth-order valence-corrected chi connectivity index (χ4v) is 2.15. The molecule has 0 atom stereocenters. The summed E-state index contributed by atoms with van der Waals surface area (Å²) in [6.45, 7) is 0.668. The van der Waals surface area contributed by atoms with Crippen molar-refractivity contribution in [3.05, 3.63) is 16.7 Å². The van der Waals surface area contributed by atoms with Crippen LogP contribution in [0.3, 0.4) is 0 Å². The highest BCUT2D eigenvalue weighted by molar-refractivity contribution is 6.33. The molecule has 0 unspecified atom stereocenters. The van der Waals surface area contributed by atoms with Crippen LogP contribution >= 0.6 is 11.6 Å². The van der Waals surface area contributed by atoms with Gasteiger partial charge in [-0.15, -0.1) is 0 Å². The molecule has 0 spiro atoms. The SMILES string of the molecule is COc1cc(OC)c(OC)c(CCCCN)c1Cl. The fraction of sp³-hybridized carbons (Fsp3) is 0.538. The lowest BCUT2D eigenvalue weighted by Crippen LogP contribution is -2.02. The van der Waals surface area contributed by atoms with E-state index in [0.717, 1.165) is 24.8 Å². The van der Waals surface area contributed by atoms with Gasteiger partial charge in [-0.2, -0.15) is 0 Å². The van der Waals surface area contributed by atoms with E-state index in [2.05, 4.69) is 0 Å². The first-order valence-electron chi connectivity index (χ1n) is 5.87. The van der Waals surface area contributed by atoms with Crippen molar-refractivity contribution in [2.24, 2.45) is 5.73 Å². The molecule has 0 saturated carbocycles. The minimum absolute atomic E-state index is 0.576. The standard InChI is InChI=1S/C13H20ClNO3/c1-16-10-8-11(17-2)13(18-3)9(12(10)14)6-4-5-7-15/h8H,4-7,15H2,1-3H3. The van der Waals surface area contributed by atoms with Crippen molar-refractivity contribution in [2.75, 3.05) is 27.9 Å². The molecule has 0 bridgehead atoms. The molecular formula is C13H20ClNO3. The fourth-order valence-electron chi connectivity index (χ4n) is 1.84. The van der Waals surface area contributed by atoms with Gasteiger partial charge >= 0.3 is 0 Å². The largest absolute Gasteiger partial charge is 0.495 e. The normalized spacial score (nSPS) is 10.3. The summed E-state index contributed by atoms with van der Waals surface area (Å²) >= 11 is 6.31. The van der Waals surface area contributed by atoms with Crippen LogP contribution in [-0.4, -0.2) is 27.9 Å². The van der Waals surface area contributed by atoms with Gasteiger partial charge in [0.2, 0.25) is 0 Å². The zero-order valence-electron chi connectivity index (χ0n) is 11.1. The predicted octanol–water partition coefficient (Wildman–Crippen LogP) is 2.65. The molecule has 0 fully saturated rings. The van der Waals surface area contributed by atoms with Gasteiger partial charge in [-0.25, -0.2) is 0 Å². The number of rotatable bonds is 7. The van der Waals surface area contributed by atoms with E-state index in [9.17, 15) is 0 Å². The molecule has 0 saturated heterocycles. The molecule has 1 aromatic carbocycles. The first-order chi connectivity index (χ1) is 8.69. The van der Waals surface area contributed by atoms with Gasteiger partial charge in [0.15, 0.2) is 11.5 Å². The summed E-state index contributed by atoms with van der Waals surface area (Å²) in [5.41, 5.74) is 6.41. The smallest absolute Gasteiger partial charge is 0.165 e. The van der Waals surface area contributed by atoms with Crippen molar-refractivity contribution in [3.8, 4) is 17.2 Å². The Kier molecular flexibility index (Phi) is 6.09. The monoisotopic (exact) mass is 273 g/mol. The molecule has 102 valence electrons. The average Bonchev–Trinajstić information content (AvgIpc) is 2.40. The van der Waals surface area contributed by atoms with E-state index in [1.165, 1.54) is 0 Å². The minimum atomic E-state index is 0.576. The second kappa shape index (κ2) is 7.34. The molecule has 18 heavy (non-hydrogen) atoms. The van der Waals surface area contributed by atoms with Crippen LogP contribution in [-0.2, 0) is 6.42 Å². The summed E-state index contributed by atoms with van der Waals surface area (Å²) in [6, 6.07) is 1.73. The number of hydrogen-bond donors (Lipinski definition) is 1. The number of methoxy groups -OCH3 is 3. The van der Waals surface area contributed by atoms with Gasteiger partial charge in [0.1, 0.15) is 5.75 Å². The third-order valence-corrected chi connectivity index (χ3v) is 3.18. The lowest BCUT2D eigenvalue weighted by Gasteiger charge is -2.16. The average molecular weight is 274 g/mol. The number of benzene rings is 1. The number of hydrogen-bond acceptors (Lipinski definition) is 4. The van der Waals surface area contributed by atoms with Gasteiger partial charge in [-0.1, -0.05) is 11.6 Å². The van der Waals surface area contributed by atoms with Crippen molar-refractivity contribution < 1.29 is 14.2 Å². The van der Waals surface area contributed by atoms with Crippen molar-refractivity contribution in [1.82, 2.24) is 0 Å². The van der Waals surface area contributed by atoms with Gasteiger partial charge in [0.25, 0.3) is 0 Å². The molecule has 0 aromatic heterocycles. The molecule has 0 aliphatic heterocycles. The second-order valence-corrected chi connectivity index (χ2v) is 4.23. The third kappa shape index (κ3) is 3.21. The highest BCUT2D eigenvalue weighted by Crippen LogP contribution is 2.42. The first kappa shape index (κ1) is 14.9. The second-order valence-electron chi connectivity index (χ2n) is 3.85. The number of nitrogens with two attached hydrogens (primary N) is 1. The van der Waals surface area contributed by atoms with E-state index in [4.69, 9.17) is 31.5 Å². The number of ether oxygens (including phenoxy) is 3. The van der Waals surface area contributed by atoms with E-state index < -0.39 is 0 Å². The van der Waals surface area contributed by atoms with Crippen LogP contribution in [0.2, 0.25) is 5.02 Å². The Bertz CT molecular complexity index is 396. The Morgan fingerprint density at radius 2 is 1.72 bits per heavy atom. The molecule has 0 aliphatic rings. The lowest BCUT2D eigenvalue weighted by atomic mass is 10.1. The van der Waals surface area contributed by atoms with Crippen molar-refractivity contribution in [2.45, 2.75) is 19.3 Å². The molecule has 2 N–H and O–H groups in total. The first-order valence-corrected chi connectivity index (χ1v) is 6.24. The van der Waals surface area contributed by atoms with Gasteiger partial charge in [-0.05, 0) is 25.8 Å². The zero-order chi connectivity index (χ0) is 13.5. The summed E-state index contributed by atoms with van der Waals surface area (Å²) in [5, 5.41) is 0.576. The van der Waals surface area contributed by atoms with Crippen molar-refractivity contribution >= 4 is 11.6 Å².